The summed E-state index contributed by atoms with van der Waals surface area (Å²) in [4.78, 5) is 13.4. The third-order valence-corrected chi connectivity index (χ3v) is 1.09. The molecule has 0 amide bonds. The highest BCUT2D eigenvalue weighted by Crippen LogP contribution is 1.90. The van der Waals surface area contributed by atoms with Crippen molar-refractivity contribution in [3.8, 4) is 6.07 Å². The zero-order chi connectivity index (χ0) is 7.56. The molecule has 0 aliphatic heterocycles. The molecular weight excluding hydrogens is 130 g/mol. The normalized spacial score (nSPS) is 8.70. The van der Waals surface area contributed by atoms with E-state index in [1.165, 1.54) is 12.4 Å². The number of nitrogens with two attached hydrogens (primary N) is 1. The van der Waals surface area contributed by atoms with Crippen LogP contribution in [0.1, 0.15) is 5.56 Å². The fraction of sp³-hybridized carbons (Fsp3) is 0. The summed E-state index contributed by atoms with van der Waals surface area (Å²) in [6.07, 6.45) is 2.67. The lowest BCUT2D eigenvalue weighted by atomic mass is 10.3. The van der Waals surface area contributed by atoms with Gasteiger partial charge in [-0.3, -0.25) is 4.79 Å². The molecule has 1 heterocycles. The Labute approximate surface area is 56.9 Å². The molecule has 4 nitrogen and oxygen atoms in total. The molecule has 0 saturated heterocycles. The standard InChI is InChI=1S/C6H5N3O/c7-1-4-2-9-3-5(8)6(4)10/h2-3H,8H2,(H,9,10). The number of nitriles is 1. The summed E-state index contributed by atoms with van der Waals surface area (Å²) in [5.41, 5.74) is 4.90. The van der Waals surface area contributed by atoms with Crippen molar-refractivity contribution < 1.29 is 0 Å². The van der Waals surface area contributed by atoms with Crippen molar-refractivity contribution in [1.82, 2.24) is 4.98 Å². The van der Waals surface area contributed by atoms with Crippen LogP contribution in [0.15, 0.2) is 17.2 Å². The number of H-pyrrole nitrogens is 1. The van der Waals surface area contributed by atoms with E-state index in [1.807, 2.05) is 0 Å². The Morgan fingerprint density at radius 3 is 2.80 bits per heavy atom. The zero-order valence-corrected chi connectivity index (χ0v) is 5.09. The Morgan fingerprint density at radius 2 is 2.30 bits per heavy atom. The smallest absolute Gasteiger partial charge is 0.222 e. The maximum Gasteiger partial charge on any atom is 0.222 e. The number of hydrogen-bond donors (Lipinski definition) is 2. The summed E-state index contributed by atoms with van der Waals surface area (Å²) in [7, 11) is 0. The lowest BCUT2D eigenvalue weighted by Gasteiger charge is -1.89. The lowest BCUT2D eigenvalue weighted by Crippen LogP contribution is -2.11. The molecule has 0 fully saturated rings. The summed E-state index contributed by atoms with van der Waals surface area (Å²) in [6, 6.07) is 1.71. The Bertz CT molecular complexity index is 334. The first-order valence-electron chi connectivity index (χ1n) is 2.62. The average Bonchev–Trinajstić information content (AvgIpc) is 1.95. The molecule has 0 aromatic carbocycles. The van der Waals surface area contributed by atoms with E-state index >= 15 is 0 Å². The van der Waals surface area contributed by atoms with Gasteiger partial charge in [0.05, 0.1) is 5.69 Å². The summed E-state index contributed by atoms with van der Waals surface area (Å²) in [6.45, 7) is 0. The van der Waals surface area contributed by atoms with E-state index in [9.17, 15) is 4.79 Å². The Balaban J connectivity index is 3.47. The molecule has 3 N–H and O–H groups in total. The molecule has 1 aromatic heterocycles. The summed E-state index contributed by atoms with van der Waals surface area (Å²) in [5, 5.41) is 8.32. The first kappa shape index (κ1) is 6.36. The molecule has 0 aliphatic rings. The number of nitrogen functional groups attached to an aromatic ring is 1. The van der Waals surface area contributed by atoms with Crippen molar-refractivity contribution in [1.29, 1.82) is 5.26 Å². The minimum absolute atomic E-state index is 0.0417. The predicted octanol–water partition coefficient (Wildman–Crippen LogP) is -0.171. The van der Waals surface area contributed by atoms with E-state index in [2.05, 4.69) is 4.98 Å². The van der Waals surface area contributed by atoms with Crippen LogP contribution in [0.25, 0.3) is 0 Å². The van der Waals surface area contributed by atoms with Crippen molar-refractivity contribution >= 4 is 5.69 Å². The van der Waals surface area contributed by atoms with Gasteiger partial charge in [-0.1, -0.05) is 0 Å². The Hall–Kier alpha value is -1.76. The van der Waals surface area contributed by atoms with Crippen molar-refractivity contribution in [3.05, 3.63) is 28.2 Å². The predicted molar refractivity (Wildman–Crippen MR) is 36.2 cm³/mol. The van der Waals surface area contributed by atoms with Gasteiger partial charge in [0.25, 0.3) is 0 Å². The molecule has 0 spiro atoms. The van der Waals surface area contributed by atoms with Crippen molar-refractivity contribution in [2.45, 2.75) is 0 Å². The SMILES string of the molecule is N#Cc1c[nH]cc(N)c1=O. The van der Waals surface area contributed by atoms with Gasteiger partial charge in [-0.05, 0) is 0 Å². The first-order chi connectivity index (χ1) is 4.75. The number of hydrogen-bond acceptors (Lipinski definition) is 3. The highest BCUT2D eigenvalue weighted by Gasteiger charge is 1.98. The summed E-state index contributed by atoms with van der Waals surface area (Å²) >= 11 is 0. The number of aromatic nitrogens is 1. The number of aromatic amines is 1. The topological polar surface area (TPSA) is 82.7 Å². The van der Waals surface area contributed by atoms with Crippen LogP contribution in [0.3, 0.4) is 0 Å². The van der Waals surface area contributed by atoms with Gasteiger partial charge in [0.15, 0.2) is 0 Å². The van der Waals surface area contributed by atoms with Gasteiger partial charge in [-0.25, -0.2) is 0 Å². The van der Waals surface area contributed by atoms with Crippen LogP contribution < -0.4 is 11.2 Å². The number of rotatable bonds is 0. The number of pyridine rings is 1. The van der Waals surface area contributed by atoms with Gasteiger partial charge in [0.1, 0.15) is 11.6 Å². The van der Waals surface area contributed by atoms with E-state index in [0.717, 1.165) is 0 Å². The monoisotopic (exact) mass is 135 g/mol. The first-order valence-corrected chi connectivity index (χ1v) is 2.62. The van der Waals surface area contributed by atoms with Crippen LogP contribution in [0.5, 0.6) is 0 Å². The van der Waals surface area contributed by atoms with Gasteiger partial charge in [-0.2, -0.15) is 5.26 Å². The number of anilines is 1. The van der Waals surface area contributed by atoms with Gasteiger partial charge in [-0.15, -0.1) is 0 Å². The van der Waals surface area contributed by atoms with Gasteiger partial charge >= 0.3 is 0 Å². The molecule has 10 heavy (non-hydrogen) atoms. The number of nitrogens with zero attached hydrogens (tertiary/aromatic N) is 1. The molecule has 1 aromatic rings. The van der Waals surface area contributed by atoms with Crippen LogP contribution >= 0.6 is 0 Å². The average molecular weight is 135 g/mol. The largest absolute Gasteiger partial charge is 0.394 e. The minimum atomic E-state index is -0.416. The highest BCUT2D eigenvalue weighted by molar-refractivity contribution is 5.41. The summed E-state index contributed by atoms with van der Waals surface area (Å²) in [5.74, 6) is 0. The molecule has 0 radical (unpaired) electrons. The molecule has 0 saturated carbocycles. The molecule has 1 rings (SSSR count). The highest BCUT2D eigenvalue weighted by atomic mass is 16.1. The second-order valence-electron chi connectivity index (χ2n) is 1.77. The second kappa shape index (κ2) is 2.23. The molecule has 0 bridgehead atoms. The van der Waals surface area contributed by atoms with Crippen LogP contribution in [0.2, 0.25) is 0 Å². The molecule has 0 aliphatic carbocycles. The maximum absolute atomic E-state index is 10.8. The molecular formula is C6H5N3O. The lowest BCUT2D eigenvalue weighted by molar-refractivity contribution is 1.28. The van der Waals surface area contributed by atoms with Gasteiger partial charge < -0.3 is 10.7 Å². The van der Waals surface area contributed by atoms with Crippen LogP contribution in [0, 0.1) is 11.3 Å². The van der Waals surface area contributed by atoms with Crippen molar-refractivity contribution in [2.24, 2.45) is 0 Å². The van der Waals surface area contributed by atoms with Crippen LogP contribution in [-0.2, 0) is 0 Å². The Kier molecular flexibility index (Phi) is 1.42. The molecule has 0 atom stereocenters. The summed E-state index contributed by atoms with van der Waals surface area (Å²) < 4.78 is 0. The van der Waals surface area contributed by atoms with Gasteiger partial charge in [0.2, 0.25) is 5.43 Å². The minimum Gasteiger partial charge on any atom is -0.394 e. The van der Waals surface area contributed by atoms with Crippen LogP contribution in [-0.4, -0.2) is 4.98 Å². The van der Waals surface area contributed by atoms with Gasteiger partial charge in [0, 0.05) is 12.4 Å². The second-order valence-corrected chi connectivity index (χ2v) is 1.77. The number of nitrogens with one attached hydrogen (secondary N) is 1. The fourth-order valence-corrected chi connectivity index (χ4v) is 0.584. The maximum atomic E-state index is 10.8. The van der Waals surface area contributed by atoms with Crippen molar-refractivity contribution in [3.63, 3.8) is 0 Å². The molecule has 4 heteroatoms. The van der Waals surface area contributed by atoms with E-state index < -0.39 is 5.43 Å². The third kappa shape index (κ3) is 0.845. The van der Waals surface area contributed by atoms with E-state index in [1.54, 1.807) is 6.07 Å². The van der Waals surface area contributed by atoms with E-state index in [-0.39, 0.29) is 11.3 Å². The third-order valence-electron chi connectivity index (χ3n) is 1.09. The van der Waals surface area contributed by atoms with Crippen LogP contribution in [0.4, 0.5) is 5.69 Å². The zero-order valence-electron chi connectivity index (χ0n) is 5.09. The Morgan fingerprint density at radius 1 is 1.60 bits per heavy atom. The van der Waals surface area contributed by atoms with E-state index in [4.69, 9.17) is 11.0 Å². The van der Waals surface area contributed by atoms with E-state index in [0.29, 0.717) is 0 Å². The fourth-order valence-electron chi connectivity index (χ4n) is 0.584. The van der Waals surface area contributed by atoms with Crippen molar-refractivity contribution in [2.75, 3.05) is 5.73 Å². The molecule has 0 unspecified atom stereocenters. The quantitative estimate of drug-likeness (QED) is 0.518. The molecule has 50 valence electrons.